The molecule has 2 aromatic rings. The van der Waals surface area contributed by atoms with Crippen LogP contribution in [0.15, 0.2) is 30.3 Å². The quantitative estimate of drug-likeness (QED) is 0.417. The van der Waals surface area contributed by atoms with Crippen LogP contribution in [0.3, 0.4) is 0 Å². The minimum Gasteiger partial charge on any atom is -0.450 e. The Hall–Kier alpha value is -3.47. The summed E-state index contributed by atoms with van der Waals surface area (Å²) in [4.78, 5) is 37.7. The van der Waals surface area contributed by atoms with Gasteiger partial charge in [0, 0.05) is 13.6 Å². The van der Waals surface area contributed by atoms with Gasteiger partial charge < -0.3 is 9.64 Å². The Bertz CT molecular complexity index is 896. The maximum absolute atomic E-state index is 12.5. The smallest absolute Gasteiger partial charge is 0.380 e. The zero-order valence-corrected chi connectivity index (χ0v) is 15.4. The molecule has 0 aliphatic rings. The molecule has 8 heteroatoms. The van der Waals surface area contributed by atoms with Crippen molar-refractivity contribution in [2.24, 2.45) is 0 Å². The van der Waals surface area contributed by atoms with Crippen LogP contribution in [0.5, 0.6) is 0 Å². The van der Waals surface area contributed by atoms with Gasteiger partial charge in [0.15, 0.2) is 6.61 Å². The van der Waals surface area contributed by atoms with Crippen LogP contribution in [0.4, 0.5) is 0 Å². The third kappa shape index (κ3) is 4.58. The van der Waals surface area contributed by atoms with Gasteiger partial charge in [0.05, 0.1) is 35.1 Å². The summed E-state index contributed by atoms with van der Waals surface area (Å²) in [7, 11) is 1.49. The number of benzene rings is 1. The molecule has 8 nitrogen and oxygen atoms in total. The van der Waals surface area contributed by atoms with Crippen LogP contribution in [0.1, 0.15) is 28.2 Å². The van der Waals surface area contributed by atoms with Crippen molar-refractivity contribution < 1.29 is 19.1 Å². The average Bonchev–Trinajstić information content (AvgIpc) is 2.98. The molecule has 0 saturated heterocycles. The highest BCUT2D eigenvalue weighted by atomic mass is 16.5. The number of aromatic nitrogens is 2. The Balaban J connectivity index is 2.09. The van der Waals surface area contributed by atoms with Gasteiger partial charge in [-0.05, 0) is 26.0 Å². The second-order valence-electron chi connectivity index (χ2n) is 5.92. The van der Waals surface area contributed by atoms with E-state index in [1.54, 1.807) is 18.5 Å². The van der Waals surface area contributed by atoms with Gasteiger partial charge in [0.1, 0.15) is 0 Å². The number of ether oxygens (including phenoxy) is 1. The lowest BCUT2D eigenvalue weighted by atomic mass is 10.1. The maximum atomic E-state index is 12.5. The third-order valence-electron chi connectivity index (χ3n) is 4.02. The number of ketones is 1. The lowest BCUT2D eigenvalue weighted by molar-refractivity contribution is -0.147. The molecular weight excluding hydrogens is 348 g/mol. The number of hydrogen-bond acceptors (Lipinski definition) is 6. The number of rotatable bonds is 7. The number of amides is 1. The summed E-state index contributed by atoms with van der Waals surface area (Å²) >= 11 is 0. The van der Waals surface area contributed by atoms with Gasteiger partial charge in [0.25, 0.3) is 11.7 Å². The number of carbonyl (C=O) groups excluding carboxylic acids is 3. The van der Waals surface area contributed by atoms with Gasteiger partial charge in [0.2, 0.25) is 0 Å². The van der Waals surface area contributed by atoms with E-state index in [-0.39, 0.29) is 18.5 Å². The number of hydrogen-bond donors (Lipinski definition) is 0. The topological polar surface area (TPSA) is 105 Å². The van der Waals surface area contributed by atoms with Crippen molar-refractivity contribution in [1.82, 2.24) is 14.7 Å². The van der Waals surface area contributed by atoms with Crippen LogP contribution in [0.2, 0.25) is 0 Å². The van der Waals surface area contributed by atoms with Crippen molar-refractivity contribution in [2.45, 2.75) is 20.3 Å². The number of nitrogens with zero attached hydrogens (tertiary/aromatic N) is 4. The van der Waals surface area contributed by atoms with E-state index in [2.05, 4.69) is 5.10 Å². The molecule has 0 bridgehead atoms. The molecule has 1 aromatic carbocycles. The van der Waals surface area contributed by atoms with Crippen molar-refractivity contribution >= 4 is 17.7 Å². The number of Topliss-reactive ketones (excluding diaryl/α,β-unsaturated/α-hetero) is 1. The van der Waals surface area contributed by atoms with Crippen LogP contribution in [-0.4, -0.2) is 52.5 Å². The molecule has 0 unspecified atom stereocenters. The molecule has 0 atom stereocenters. The van der Waals surface area contributed by atoms with Crippen molar-refractivity contribution in [3.05, 3.63) is 47.3 Å². The zero-order valence-electron chi connectivity index (χ0n) is 15.4. The normalized spacial score (nSPS) is 10.1. The third-order valence-corrected chi connectivity index (χ3v) is 4.02. The Kier molecular flexibility index (Phi) is 6.44. The number of para-hydroxylation sites is 1. The SMILES string of the molecule is Cc1nn(-c2ccccc2)c(C)c1C(=O)C(=O)OCC(=O)N(C)CCC#N. The highest BCUT2D eigenvalue weighted by Crippen LogP contribution is 2.18. The summed E-state index contributed by atoms with van der Waals surface area (Å²) in [5, 5.41) is 12.8. The Labute approximate surface area is 156 Å². The van der Waals surface area contributed by atoms with Crippen LogP contribution in [0, 0.1) is 25.2 Å². The van der Waals surface area contributed by atoms with E-state index in [9.17, 15) is 14.4 Å². The zero-order chi connectivity index (χ0) is 20.0. The molecule has 1 heterocycles. The fraction of sp³-hybridized carbons (Fsp3) is 0.316. The van der Waals surface area contributed by atoms with Crippen LogP contribution in [-0.2, 0) is 14.3 Å². The van der Waals surface area contributed by atoms with Crippen LogP contribution in [0.25, 0.3) is 5.69 Å². The van der Waals surface area contributed by atoms with Gasteiger partial charge >= 0.3 is 5.97 Å². The Morgan fingerprint density at radius 2 is 1.89 bits per heavy atom. The molecule has 0 fully saturated rings. The first-order chi connectivity index (χ1) is 12.9. The van der Waals surface area contributed by atoms with E-state index in [0.717, 1.165) is 5.69 Å². The summed E-state index contributed by atoms with van der Waals surface area (Å²) in [5.74, 6) is -2.45. The second-order valence-corrected chi connectivity index (χ2v) is 5.92. The summed E-state index contributed by atoms with van der Waals surface area (Å²) in [6.07, 6.45) is 0.173. The second kappa shape index (κ2) is 8.76. The minimum absolute atomic E-state index is 0.161. The van der Waals surface area contributed by atoms with E-state index in [0.29, 0.717) is 11.4 Å². The van der Waals surface area contributed by atoms with Crippen molar-refractivity contribution in [1.29, 1.82) is 5.26 Å². The van der Waals surface area contributed by atoms with E-state index < -0.39 is 24.3 Å². The van der Waals surface area contributed by atoms with Gasteiger partial charge in [-0.15, -0.1) is 0 Å². The average molecular weight is 368 g/mol. The predicted octanol–water partition coefficient (Wildman–Crippen LogP) is 1.59. The summed E-state index contributed by atoms with van der Waals surface area (Å²) in [6.45, 7) is 2.99. The number of likely N-dealkylation sites (N-methyl/N-ethyl adjacent to an activating group) is 1. The van der Waals surface area contributed by atoms with Crippen molar-refractivity contribution in [3.8, 4) is 11.8 Å². The molecular formula is C19H20N4O4. The largest absolute Gasteiger partial charge is 0.450 e. The number of esters is 1. The number of aryl methyl sites for hydroxylation is 1. The summed E-state index contributed by atoms with van der Waals surface area (Å²) in [5.41, 5.74) is 1.84. The van der Waals surface area contributed by atoms with E-state index in [1.165, 1.54) is 11.9 Å². The van der Waals surface area contributed by atoms with Crippen LogP contribution < -0.4 is 0 Å². The van der Waals surface area contributed by atoms with Crippen molar-refractivity contribution in [3.63, 3.8) is 0 Å². The highest BCUT2D eigenvalue weighted by Gasteiger charge is 2.27. The molecule has 1 amide bonds. The van der Waals surface area contributed by atoms with Gasteiger partial charge in [-0.1, -0.05) is 18.2 Å². The number of carbonyl (C=O) groups is 3. The molecule has 140 valence electrons. The monoisotopic (exact) mass is 368 g/mol. The minimum atomic E-state index is -1.11. The number of nitriles is 1. The van der Waals surface area contributed by atoms with Gasteiger partial charge in [-0.3, -0.25) is 9.59 Å². The van der Waals surface area contributed by atoms with Gasteiger partial charge in [-0.25, -0.2) is 9.48 Å². The summed E-state index contributed by atoms with van der Waals surface area (Å²) in [6, 6.07) is 11.1. The molecule has 0 aliphatic heterocycles. The van der Waals surface area contributed by atoms with Crippen molar-refractivity contribution in [2.75, 3.05) is 20.2 Å². The lowest BCUT2D eigenvalue weighted by Gasteiger charge is -2.14. The lowest BCUT2D eigenvalue weighted by Crippen LogP contribution is -2.33. The first-order valence-electron chi connectivity index (χ1n) is 8.30. The molecule has 2 rings (SSSR count). The van der Waals surface area contributed by atoms with E-state index in [1.807, 2.05) is 36.4 Å². The molecule has 0 spiro atoms. The van der Waals surface area contributed by atoms with E-state index >= 15 is 0 Å². The first kappa shape index (κ1) is 19.8. The Morgan fingerprint density at radius 1 is 1.22 bits per heavy atom. The summed E-state index contributed by atoms with van der Waals surface area (Å²) < 4.78 is 6.43. The maximum Gasteiger partial charge on any atom is 0.380 e. The Morgan fingerprint density at radius 3 is 2.52 bits per heavy atom. The fourth-order valence-electron chi connectivity index (χ4n) is 2.54. The molecule has 0 radical (unpaired) electrons. The van der Waals surface area contributed by atoms with Gasteiger partial charge in [-0.2, -0.15) is 10.4 Å². The molecule has 27 heavy (non-hydrogen) atoms. The molecule has 0 N–H and O–H groups in total. The first-order valence-corrected chi connectivity index (χ1v) is 8.30. The fourth-order valence-corrected chi connectivity index (χ4v) is 2.54. The highest BCUT2D eigenvalue weighted by molar-refractivity contribution is 6.41. The predicted molar refractivity (Wildman–Crippen MR) is 96.2 cm³/mol. The molecule has 0 saturated carbocycles. The molecule has 0 aliphatic carbocycles. The van der Waals surface area contributed by atoms with E-state index in [4.69, 9.17) is 10.00 Å². The standard InChI is InChI=1S/C19H20N4O4/c1-13-17(14(2)23(21-13)15-8-5-4-6-9-15)18(25)19(26)27-12-16(24)22(3)11-7-10-20/h4-6,8-9H,7,11-12H2,1-3H3. The van der Waals surface area contributed by atoms with Crippen LogP contribution >= 0.6 is 0 Å². The molecule has 1 aromatic heterocycles.